The zero-order valence-electron chi connectivity index (χ0n) is 9.99. The van der Waals surface area contributed by atoms with E-state index in [1.807, 2.05) is 6.92 Å². The lowest BCUT2D eigenvalue weighted by Gasteiger charge is -2.12. The van der Waals surface area contributed by atoms with Gasteiger partial charge >= 0.3 is 0 Å². The minimum atomic E-state index is -0.348. The molecule has 1 aliphatic rings. The average molecular weight is 239 g/mol. The lowest BCUT2D eigenvalue weighted by Crippen LogP contribution is -2.12. The van der Waals surface area contributed by atoms with Gasteiger partial charge < -0.3 is 15.2 Å². The van der Waals surface area contributed by atoms with Crippen LogP contribution in [0.3, 0.4) is 0 Å². The Hall–Kier alpha value is -1.13. The van der Waals surface area contributed by atoms with Gasteiger partial charge in [0.1, 0.15) is 0 Å². The number of hydrogen-bond donors (Lipinski definition) is 1. The molecule has 0 aromatic heterocycles. The molecule has 2 N–H and O–H groups in total. The Morgan fingerprint density at radius 3 is 3.00 bits per heavy atom. The number of nitrogens with two attached hydrogens (primary N) is 1. The Labute approximate surface area is 101 Å². The van der Waals surface area contributed by atoms with E-state index in [0.29, 0.717) is 24.9 Å². The minimum Gasteiger partial charge on any atom is -0.490 e. The van der Waals surface area contributed by atoms with E-state index >= 15 is 0 Å². The first-order valence-corrected chi connectivity index (χ1v) is 5.92. The maximum absolute atomic E-state index is 13.7. The molecule has 4 heteroatoms. The molecule has 17 heavy (non-hydrogen) atoms. The second-order valence-electron chi connectivity index (χ2n) is 4.52. The van der Waals surface area contributed by atoms with Gasteiger partial charge in [-0.3, -0.25) is 0 Å². The second kappa shape index (κ2) is 5.47. The van der Waals surface area contributed by atoms with Gasteiger partial charge in [0.25, 0.3) is 0 Å². The summed E-state index contributed by atoms with van der Waals surface area (Å²) in [5.74, 6) is 0.322. The monoisotopic (exact) mass is 239 g/mol. The summed E-state index contributed by atoms with van der Waals surface area (Å²) >= 11 is 0. The molecule has 1 aromatic rings. The quantitative estimate of drug-likeness (QED) is 0.876. The van der Waals surface area contributed by atoms with Crippen molar-refractivity contribution in [3.63, 3.8) is 0 Å². The summed E-state index contributed by atoms with van der Waals surface area (Å²) < 4.78 is 24.4. The van der Waals surface area contributed by atoms with Crippen molar-refractivity contribution in [1.82, 2.24) is 0 Å². The van der Waals surface area contributed by atoms with E-state index < -0.39 is 0 Å². The van der Waals surface area contributed by atoms with Crippen LogP contribution in [0.4, 0.5) is 4.39 Å². The number of rotatable bonds is 4. The highest BCUT2D eigenvalue weighted by molar-refractivity contribution is 5.30. The van der Waals surface area contributed by atoms with Gasteiger partial charge in [-0.2, -0.15) is 0 Å². The molecule has 0 spiro atoms. The van der Waals surface area contributed by atoms with E-state index in [0.717, 1.165) is 18.6 Å². The fourth-order valence-corrected chi connectivity index (χ4v) is 1.84. The summed E-state index contributed by atoms with van der Waals surface area (Å²) in [6, 6.07) is 4.71. The summed E-state index contributed by atoms with van der Waals surface area (Å²) in [6.07, 6.45) is 0.986. The van der Waals surface area contributed by atoms with Crippen molar-refractivity contribution in [2.24, 2.45) is 11.7 Å². The molecule has 1 aliphatic heterocycles. The summed E-state index contributed by atoms with van der Waals surface area (Å²) in [7, 11) is 0. The molecule has 0 bridgehead atoms. The first-order chi connectivity index (χ1) is 8.16. The van der Waals surface area contributed by atoms with Gasteiger partial charge in [0, 0.05) is 18.6 Å². The molecule has 1 heterocycles. The zero-order valence-corrected chi connectivity index (χ0v) is 9.99. The smallest absolute Gasteiger partial charge is 0.165 e. The molecule has 0 radical (unpaired) electrons. The van der Waals surface area contributed by atoms with Crippen LogP contribution in [0, 0.1) is 11.7 Å². The maximum Gasteiger partial charge on any atom is 0.165 e. The predicted octanol–water partition coefficient (Wildman–Crippen LogP) is 2.26. The standard InChI is InChI=1S/C13H18FNO2/c1-9(15)11-2-3-13(12(14)6-11)17-8-10-4-5-16-7-10/h2-3,6,9-10H,4-5,7-8,15H2,1H3/t9-,10?/m1/s1. The largest absolute Gasteiger partial charge is 0.490 e. The van der Waals surface area contributed by atoms with Gasteiger partial charge in [-0.15, -0.1) is 0 Å². The molecule has 1 saturated heterocycles. The van der Waals surface area contributed by atoms with Crippen LogP contribution in [0.25, 0.3) is 0 Å². The molecule has 0 amide bonds. The normalized spacial score (nSPS) is 21.5. The van der Waals surface area contributed by atoms with Crippen LogP contribution in [0.1, 0.15) is 24.9 Å². The first-order valence-electron chi connectivity index (χ1n) is 5.92. The molecular weight excluding hydrogens is 221 g/mol. The molecule has 94 valence electrons. The topological polar surface area (TPSA) is 44.5 Å². The molecule has 2 rings (SSSR count). The van der Waals surface area contributed by atoms with Gasteiger partial charge in [0.05, 0.1) is 13.2 Å². The van der Waals surface area contributed by atoms with Crippen molar-refractivity contribution in [1.29, 1.82) is 0 Å². The van der Waals surface area contributed by atoms with E-state index in [2.05, 4.69) is 0 Å². The molecule has 3 nitrogen and oxygen atoms in total. The van der Waals surface area contributed by atoms with Crippen molar-refractivity contribution in [3.8, 4) is 5.75 Å². The Morgan fingerprint density at radius 1 is 1.59 bits per heavy atom. The van der Waals surface area contributed by atoms with Crippen molar-refractivity contribution in [2.75, 3.05) is 19.8 Å². The van der Waals surface area contributed by atoms with Crippen LogP contribution in [0.5, 0.6) is 5.75 Å². The Morgan fingerprint density at radius 2 is 2.41 bits per heavy atom. The predicted molar refractivity (Wildman–Crippen MR) is 63.4 cm³/mol. The second-order valence-corrected chi connectivity index (χ2v) is 4.52. The number of halogens is 1. The van der Waals surface area contributed by atoms with Crippen LogP contribution in [-0.2, 0) is 4.74 Å². The van der Waals surface area contributed by atoms with Crippen LogP contribution < -0.4 is 10.5 Å². The molecule has 1 fully saturated rings. The lowest BCUT2D eigenvalue weighted by molar-refractivity contribution is 0.165. The molecule has 1 aromatic carbocycles. The third-order valence-corrected chi connectivity index (χ3v) is 2.98. The van der Waals surface area contributed by atoms with Gasteiger partial charge in [0.2, 0.25) is 0 Å². The Kier molecular flexibility index (Phi) is 3.97. The van der Waals surface area contributed by atoms with Crippen LogP contribution in [0.2, 0.25) is 0 Å². The van der Waals surface area contributed by atoms with E-state index in [1.54, 1.807) is 12.1 Å². The third-order valence-electron chi connectivity index (χ3n) is 2.98. The van der Waals surface area contributed by atoms with E-state index in [1.165, 1.54) is 6.07 Å². The lowest BCUT2D eigenvalue weighted by atomic mass is 10.1. The molecule has 1 unspecified atom stereocenters. The summed E-state index contributed by atoms with van der Waals surface area (Å²) in [5.41, 5.74) is 6.46. The third kappa shape index (κ3) is 3.17. The van der Waals surface area contributed by atoms with Crippen LogP contribution in [0.15, 0.2) is 18.2 Å². The summed E-state index contributed by atoms with van der Waals surface area (Å²) in [6.45, 7) is 3.82. The van der Waals surface area contributed by atoms with Crippen molar-refractivity contribution in [3.05, 3.63) is 29.6 Å². The van der Waals surface area contributed by atoms with Crippen LogP contribution in [-0.4, -0.2) is 19.8 Å². The van der Waals surface area contributed by atoms with Gasteiger partial charge in [-0.1, -0.05) is 6.07 Å². The summed E-state index contributed by atoms with van der Waals surface area (Å²) in [5, 5.41) is 0. The highest BCUT2D eigenvalue weighted by atomic mass is 19.1. The van der Waals surface area contributed by atoms with Crippen molar-refractivity contribution in [2.45, 2.75) is 19.4 Å². The Bertz CT molecular complexity index is 376. The minimum absolute atomic E-state index is 0.165. The van der Waals surface area contributed by atoms with Crippen molar-refractivity contribution < 1.29 is 13.9 Å². The van der Waals surface area contributed by atoms with E-state index in [-0.39, 0.29) is 11.9 Å². The van der Waals surface area contributed by atoms with Crippen molar-refractivity contribution >= 4 is 0 Å². The van der Waals surface area contributed by atoms with Gasteiger partial charge in [-0.05, 0) is 31.0 Å². The van der Waals surface area contributed by atoms with E-state index in [4.69, 9.17) is 15.2 Å². The fraction of sp³-hybridized carbons (Fsp3) is 0.538. The molecule has 2 atom stereocenters. The maximum atomic E-state index is 13.7. The first kappa shape index (κ1) is 12.3. The fourth-order valence-electron chi connectivity index (χ4n) is 1.84. The van der Waals surface area contributed by atoms with Gasteiger partial charge in [-0.25, -0.2) is 4.39 Å². The average Bonchev–Trinajstić information content (AvgIpc) is 2.80. The highest BCUT2D eigenvalue weighted by Crippen LogP contribution is 2.22. The molecule has 0 aliphatic carbocycles. The number of ether oxygens (including phenoxy) is 2. The molecular formula is C13H18FNO2. The Balaban J connectivity index is 1.96. The zero-order chi connectivity index (χ0) is 12.3. The number of hydrogen-bond acceptors (Lipinski definition) is 3. The molecule has 0 saturated carbocycles. The van der Waals surface area contributed by atoms with Crippen LogP contribution >= 0.6 is 0 Å². The number of benzene rings is 1. The van der Waals surface area contributed by atoms with Gasteiger partial charge in [0.15, 0.2) is 11.6 Å². The SMILES string of the molecule is C[C@@H](N)c1ccc(OCC2CCOC2)c(F)c1. The van der Waals surface area contributed by atoms with E-state index in [9.17, 15) is 4.39 Å². The summed E-state index contributed by atoms with van der Waals surface area (Å²) in [4.78, 5) is 0. The highest BCUT2D eigenvalue weighted by Gasteiger charge is 2.17.